The lowest BCUT2D eigenvalue weighted by molar-refractivity contribution is 0.183. The highest BCUT2D eigenvalue weighted by molar-refractivity contribution is 7.10. The molecule has 0 aliphatic rings. The van der Waals surface area contributed by atoms with Crippen LogP contribution in [0.1, 0.15) is 18.2 Å². The summed E-state index contributed by atoms with van der Waals surface area (Å²) in [7, 11) is 0. The SMILES string of the molecule is CC(O)CCNCc1cc(Cl)cs1. The fraction of sp³-hybridized carbons (Fsp3) is 0.556. The van der Waals surface area contributed by atoms with Crippen molar-refractivity contribution in [3.63, 3.8) is 0 Å². The Kier molecular flexibility index (Phi) is 4.73. The first kappa shape index (κ1) is 11.0. The molecule has 2 nitrogen and oxygen atoms in total. The molecule has 0 amide bonds. The molecule has 13 heavy (non-hydrogen) atoms. The van der Waals surface area contributed by atoms with E-state index >= 15 is 0 Å². The molecule has 0 saturated carbocycles. The number of nitrogens with one attached hydrogen (secondary N) is 1. The number of rotatable bonds is 5. The van der Waals surface area contributed by atoms with E-state index in [9.17, 15) is 0 Å². The average molecular weight is 220 g/mol. The molecule has 4 heteroatoms. The molecule has 0 fully saturated rings. The quantitative estimate of drug-likeness (QED) is 0.745. The molecular formula is C9H14ClNOS. The Bertz CT molecular complexity index is 250. The second-order valence-corrected chi connectivity index (χ2v) is 4.48. The van der Waals surface area contributed by atoms with Crippen LogP contribution in [0.15, 0.2) is 11.4 Å². The Morgan fingerprint density at radius 2 is 2.46 bits per heavy atom. The highest BCUT2D eigenvalue weighted by Gasteiger charge is 1.98. The van der Waals surface area contributed by atoms with E-state index in [0.29, 0.717) is 0 Å². The minimum Gasteiger partial charge on any atom is -0.393 e. The van der Waals surface area contributed by atoms with Crippen molar-refractivity contribution in [2.75, 3.05) is 6.54 Å². The van der Waals surface area contributed by atoms with Crippen molar-refractivity contribution >= 4 is 22.9 Å². The first-order valence-corrected chi connectivity index (χ1v) is 5.56. The zero-order valence-corrected chi connectivity index (χ0v) is 9.16. The van der Waals surface area contributed by atoms with Gasteiger partial charge >= 0.3 is 0 Å². The van der Waals surface area contributed by atoms with Crippen molar-refractivity contribution in [3.05, 3.63) is 21.3 Å². The van der Waals surface area contributed by atoms with Crippen LogP contribution in [0.5, 0.6) is 0 Å². The Labute approximate surface area is 87.5 Å². The van der Waals surface area contributed by atoms with Crippen LogP contribution in [-0.2, 0) is 6.54 Å². The number of hydrogen-bond donors (Lipinski definition) is 2. The van der Waals surface area contributed by atoms with Crippen molar-refractivity contribution in [1.29, 1.82) is 0 Å². The maximum atomic E-state index is 9.00. The minimum atomic E-state index is -0.223. The zero-order valence-electron chi connectivity index (χ0n) is 7.59. The molecule has 1 aromatic rings. The molecule has 0 saturated heterocycles. The standard InChI is InChI=1S/C9H14ClNOS/c1-7(12)2-3-11-5-9-4-8(10)6-13-9/h4,6-7,11-12H,2-3,5H2,1H3. The van der Waals surface area contributed by atoms with E-state index in [1.54, 1.807) is 18.3 Å². The van der Waals surface area contributed by atoms with E-state index in [1.165, 1.54) is 4.88 Å². The summed E-state index contributed by atoms with van der Waals surface area (Å²) in [5.41, 5.74) is 0. The molecule has 1 unspecified atom stereocenters. The summed E-state index contributed by atoms with van der Waals surface area (Å²) in [6, 6.07) is 1.96. The fourth-order valence-electron chi connectivity index (χ4n) is 0.969. The molecule has 1 aromatic heterocycles. The highest BCUT2D eigenvalue weighted by Crippen LogP contribution is 2.18. The van der Waals surface area contributed by atoms with Crippen molar-refractivity contribution < 1.29 is 5.11 Å². The van der Waals surface area contributed by atoms with Crippen LogP contribution >= 0.6 is 22.9 Å². The molecule has 1 rings (SSSR count). The van der Waals surface area contributed by atoms with E-state index in [1.807, 2.05) is 11.4 Å². The van der Waals surface area contributed by atoms with Gasteiger partial charge in [-0.15, -0.1) is 11.3 Å². The van der Waals surface area contributed by atoms with Gasteiger partial charge in [-0.3, -0.25) is 0 Å². The van der Waals surface area contributed by atoms with Crippen LogP contribution < -0.4 is 5.32 Å². The van der Waals surface area contributed by atoms with Crippen LogP contribution in [0.2, 0.25) is 5.02 Å². The van der Waals surface area contributed by atoms with Crippen LogP contribution in [0.25, 0.3) is 0 Å². The monoisotopic (exact) mass is 219 g/mol. The normalized spacial score (nSPS) is 13.2. The largest absolute Gasteiger partial charge is 0.393 e. The topological polar surface area (TPSA) is 32.3 Å². The molecule has 0 aromatic carbocycles. The van der Waals surface area contributed by atoms with Crippen LogP contribution in [0.3, 0.4) is 0 Å². The summed E-state index contributed by atoms with van der Waals surface area (Å²) < 4.78 is 0. The molecule has 74 valence electrons. The Morgan fingerprint density at radius 3 is 3.00 bits per heavy atom. The summed E-state index contributed by atoms with van der Waals surface area (Å²) in [4.78, 5) is 1.23. The van der Waals surface area contributed by atoms with E-state index in [4.69, 9.17) is 16.7 Å². The first-order chi connectivity index (χ1) is 6.18. The van der Waals surface area contributed by atoms with E-state index in [-0.39, 0.29) is 6.10 Å². The van der Waals surface area contributed by atoms with Gasteiger partial charge in [-0.1, -0.05) is 11.6 Å². The Morgan fingerprint density at radius 1 is 1.69 bits per heavy atom. The number of halogens is 1. The second-order valence-electron chi connectivity index (χ2n) is 3.05. The molecule has 2 N–H and O–H groups in total. The average Bonchev–Trinajstić information content (AvgIpc) is 2.45. The van der Waals surface area contributed by atoms with Gasteiger partial charge in [0.15, 0.2) is 0 Å². The van der Waals surface area contributed by atoms with Gasteiger partial charge in [-0.05, 0) is 26.0 Å². The van der Waals surface area contributed by atoms with Gasteiger partial charge < -0.3 is 10.4 Å². The van der Waals surface area contributed by atoms with Gasteiger partial charge in [0.1, 0.15) is 0 Å². The summed E-state index contributed by atoms with van der Waals surface area (Å²) in [6.07, 6.45) is 0.568. The highest BCUT2D eigenvalue weighted by atomic mass is 35.5. The van der Waals surface area contributed by atoms with Gasteiger partial charge in [0, 0.05) is 16.8 Å². The third-order valence-corrected chi connectivity index (χ3v) is 2.94. The molecule has 0 radical (unpaired) electrons. The molecule has 0 aliphatic heterocycles. The van der Waals surface area contributed by atoms with Crippen LogP contribution in [0.4, 0.5) is 0 Å². The maximum absolute atomic E-state index is 9.00. The van der Waals surface area contributed by atoms with Gasteiger partial charge in [0.25, 0.3) is 0 Å². The van der Waals surface area contributed by atoms with Crippen molar-refractivity contribution in [1.82, 2.24) is 5.32 Å². The first-order valence-electron chi connectivity index (χ1n) is 4.30. The summed E-state index contributed by atoms with van der Waals surface area (Å²) in [6.45, 7) is 3.47. The predicted octanol–water partition coefficient (Wildman–Crippen LogP) is 2.26. The summed E-state index contributed by atoms with van der Waals surface area (Å²) in [5.74, 6) is 0. The molecule has 0 bridgehead atoms. The van der Waals surface area contributed by atoms with Crippen molar-refractivity contribution in [3.8, 4) is 0 Å². The molecule has 1 heterocycles. The third kappa shape index (κ3) is 4.62. The maximum Gasteiger partial charge on any atom is 0.0524 e. The Balaban J connectivity index is 2.13. The van der Waals surface area contributed by atoms with Gasteiger partial charge in [0.05, 0.1) is 11.1 Å². The number of thiophene rings is 1. The lowest BCUT2D eigenvalue weighted by Crippen LogP contribution is -2.17. The predicted molar refractivity (Wildman–Crippen MR) is 57.3 cm³/mol. The lowest BCUT2D eigenvalue weighted by atomic mass is 10.3. The van der Waals surface area contributed by atoms with E-state index in [0.717, 1.165) is 24.5 Å². The lowest BCUT2D eigenvalue weighted by Gasteiger charge is -2.04. The van der Waals surface area contributed by atoms with Crippen LogP contribution in [-0.4, -0.2) is 17.8 Å². The number of aliphatic hydroxyl groups excluding tert-OH is 1. The second kappa shape index (κ2) is 5.60. The zero-order chi connectivity index (χ0) is 9.68. The van der Waals surface area contributed by atoms with Gasteiger partial charge in [0.2, 0.25) is 0 Å². The van der Waals surface area contributed by atoms with Crippen molar-refractivity contribution in [2.24, 2.45) is 0 Å². The summed E-state index contributed by atoms with van der Waals surface area (Å²) in [5, 5.41) is 15.0. The minimum absolute atomic E-state index is 0.223. The van der Waals surface area contributed by atoms with E-state index < -0.39 is 0 Å². The van der Waals surface area contributed by atoms with Crippen molar-refractivity contribution in [2.45, 2.75) is 26.0 Å². The molecule has 1 atom stereocenters. The number of hydrogen-bond acceptors (Lipinski definition) is 3. The summed E-state index contributed by atoms with van der Waals surface area (Å²) >= 11 is 7.42. The van der Waals surface area contributed by atoms with Gasteiger partial charge in [-0.25, -0.2) is 0 Å². The molecular weight excluding hydrogens is 206 g/mol. The fourth-order valence-corrected chi connectivity index (χ4v) is 2.01. The molecule has 0 aliphatic carbocycles. The smallest absolute Gasteiger partial charge is 0.0524 e. The third-order valence-electron chi connectivity index (χ3n) is 1.66. The van der Waals surface area contributed by atoms with Gasteiger partial charge in [-0.2, -0.15) is 0 Å². The molecule has 0 spiro atoms. The number of aliphatic hydroxyl groups is 1. The Hall–Kier alpha value is -0.0900. The van der Waals surface area contributed by atoms with Crippen LogP contribution in [0, 0.1) is 0 Å². The van der Waals surface area contributed by atoms with E-state index in [2.05, 4.69) is 5.32 Å².